The molecular weight excluding hydrogens is 140 g/mol. The van der Waals surface area contributed by atoms with Crippen molar-refractivity contribution in [3.8, 4) is 0 Å². The molecule has 1 fully saturated rings. The van der Waals surface area contributed by atoms with Gasteiger partial charge in [-0.1, -0.05) is 13.8 Å². The summed E-state index contributed by atoms with van der Waals surface area (Å²) in [6.45, 7) is 5.56. The molecule has 1 aliphatic heterocycles. The Kier molecular flexibility index (Phi) is 3.06. The van der Waals surface area contributed by atoms with Crippen LogP contribution >= 0.6 is 0 Å². The third kappa shape index (κ3) is 2.62. The van der Waals surface area contributed by atoms with Crippen LogP contribution in [0.5, 0.6) is 0 Å². The van der Waals surface area contributed by atoms with Crippen molar-refractivity contribution >= 4 is 5.78 Å². The van der Waals surface area contributed by atoms with Gasteiger partial charge in [0.1, 0.15) is 5.78 Å². The summed E-state index contributed by atoms with van der Waals surface area (Å²) in [5, 5.41) is 0. The highest BCUT2D eigenvalue weighted by molar-refractivity contribution is 5.81. The summed E-state index contributed by atoms with van der Waals surface area (Å²) >= 11 is 0. The number of hydrogen-bond acceptors (Lipinski definition) is 2. The van der Waals surface area contributed by atoms with E-state index in [0.717, 1.165) is 6.42 Å². The number of ether oxygens (including phenoxy) is 1. The van der Waals surface area contributed by atoms with E-state index < -0.39 is 0 Å². The van der Waals surface area contributed by atoms with Gasteiger partial charge in [0.05, 0.1) is 13.2 Å². The first-order chi connectivity index (χ1) is 5.20. The van der Waals surface area contributed by atoms with Crippen LogP contribution in [0, 0.1) is 11.8 Å². The highest BCUT2D eigenvalue weighted by Gasteiger charge is 2.23. The van der Waals surface area contributed by atoms with Gasteiger partial charge in [0.25, 0.3) is 0 Å². The topological polar surface area (TPSA) is 26.3 Å². The first kappa shape index (κ1) is 8.72. The van der Waals surface area contributed by atoms with Crippen LogP contribution in [-0.2, 0) is 9.53 Å². The zero-order valence-electron chi connectivity index (χ0n) is 7.30. The van der Waals surface area contributed by atoms with Gasteiger partial charge in [0.15, 0.2) is 0 Å². The lowest BCUT2D eigenvalue weighted by Crippen LogP contribution is -2.28. The molecule has 64 valence electrons. The molecule has 0 spiro atoms. The second-order valence-corrected chi connectivity index (χ2v) is 3.62. The van der Waals surface area contributed by atoms with Gasteiger partial charge >= 0.3 is 0 Å². The molecule has 0 amide bonds. The van der Waals surface area contributed by atoms with Crippen molar-refractivity contribution in [2.75, 3.05) is 13.2 Å². The number of rotatable bonds is 2. The fourth-order valence-corrected chi connectivity index (χ4v) is 1.46. The number of carbonyl (C=O) groups excluding carboxylic acids is 1. The average Bonchev–Trinajstić information content (AvgIpc) is 1.93. The van der Waals surface area contributed by atoms with Gasteiger partial charge < -0.3 is 4.74 Å². The van der Waals surface area contributed by atoms with Gasteiger partial charge in [0.2, 0.25) is 0 Å². The van der Waals surface area contributed by atoms with Crippen LogP contribution in [-0.4, -0.2) is 19.0 Å². The van der Waals surface area contributed by atoms with Crippen molar-refractivity contribution in [3.05, 3.63) is 0 Å². The molecule has 0 aliphatic carbocycles. The number of ketones is 1. The highest BCUT2D eigenvalue weighted by Crippen LogP contribution is 2.18. The molecule has 0 aromatic rings. The Morgan fingerprint density at radius 2 is 2.36 bits per heavy atom. The lowest BCUT2D eigenvalue weighted by atomic mass is 9.91. The summed E-state index contributed by atoms with van der Waals surface area (Å²) in [6, 6.07) is 0. The zero-order valence-corrected chi connectivity index (χ0v) is 7.30. The van der Waals surface area contributed by atoms with Crippen LogP contribution in [0.15, 0.2) is 0 Å². The Labute approximate surface area is 67.9 Å². The zero-order chi connectivity index (χ0) is 8.27. The summed E-state index contributed by atoms with van der Waals surface area (Å²) in [7, 11) is 0. The van der Waals surface area contributed by atoms with Crippen LogP contribution < -0.4 is 0 Å². The SMILES string of the molecule is CC(C)CC1COCCC1=O. The molecule has 2 nitrogen and oxygen atoms in total. The third-order valence-electron chi connectivity index (χ3n) is 2.02. The van der Waals surface area contributed by atoms with E-state index in [2.05, 4.69) is 13.8 Å². The third-order valence-corrected chi connectivity index (χ3v) is 2.02. The van der Waals surface area contributed by atoms with Crippen LogP contribution in [0.4, 0.5) is 0 Å². The van der Waals surface area contributed by atoms with E-state index in [0.29, 0.717) is 31.3 Å². The van der Waals surface area contributed by atoms with Crippen molar-refractivity contribution in [2.24, 2.45) is 11.8 Å². The maximum absolute atomic E-state index is 11.2. The molecule has 0 aromatic carbocycles. The van der Waals surface area contributed by atoms with Crippen LogP contribution in [0.25, 0.3) is 0 Å². The van der Waals surface area contributed by atoms with E-state index in [-0.39, 0.29) is 5.92 Å². The molecule has 0 saturated carbocycles. The fraction of sp³-hybridized carbons (Fsp3) is 0.889. The Morgan fingerprint density at radius 1 is 1.64 bits per heavy atom. The quantitative estimate of drug-likeness (QED) is 0.607. The van der Waals surface area contributed by atoms with E-state index in [9.17, 15) is 4.79 Å². The van der Waals surface area contributed by atoms with Gasteiger partial charge in [-0.3, -0.25) is 4.79 Å². The van der Waals surface area contributed by atoms with Crippen molar-refractivity contribution in [1.82, 2.24) is 0 Å². The van der Waals surface area contributed by atoms with Crippen molar-refractivity contribution < 1.29 is 9.53 Å². The molecule has 0 bridgehead atoms. The average molecular weight is 156 g/mol. The summed E-state index contributed by atoms with van der Waals surface area (Å²) in [6.07, 6.45) is 1.61. The maximum Gasteiger partial charge on any atom is 0.140 e. The van der Waals surface area contributed by atoms with Crippen LogP contribution in [0.2, 0.25) is 0 Å². The summed E-state index contributed by atoms with van der Waals surface area (Å²) < 4.78 is 5.23. The second-order valence-electron chi connectivity index (χ2n) is 3.62. The highest BCUT2D eigenvalue weighted by atomic mass is 16.5. The largest absolute Gasteiger partial charge is 0.380 e. The minimum Gasteiger partial charge on any atom is -0.380 e. The molecule has 0 N–H and O–H groups in total. The lowest BCUT2D eigenvalue weighted by molar-refractivity contribution is -0.131. The molecule has 2 heteroatoms. The second kappa shape index (κ2) is 3.86. The minimum atomic E-state index is 0.184. The van der Waals surface area contributed by atoms with E-state index in [4.69, 9.17) is 4.74 Å². The fourth-order valence-electron chi connectivity index (χ4n) is 1.46. The van der Waals surface area contributed by atoms with E-state index in [1.165, 1.54) is 0 Å². The molecule has 11 heavy (non-hydrogen) atoms. The number of hydrogen-bond donors (Lipinski definition) is 0. The smallest absolute Gasteiger partial charge is 0.140 e. The number of Topliss-reactive ketones (excluding diaryl/α,β-unsaturated/α-hetero) is 1. The Morgan fingerprint density at radius 3 is 2.91 bits per heavy atom. The van der Waals surface area contributed by atoms with Crippen molar-refractivity contribution in [3.63, 3.8) is 0 Å². The maximum atomic E-state index is 11.2. The van der Waals surface area contributed by atoms with E-state index >= 15 is 0 Å². The van der Waals surface area contributed by atoms with Gasteiger partial charge in [-0.05, 0) is 12.3 Å². The van der Waals surface area contributed by atoms with Gasteiger partial charge in [-0.25, -0.2) is 0 Å². The standard InChI is InChI=1S/C9H16O2/c1-7(2)5-8-6-11-4-3-9(8)10/h7-8H,3-6H2,1-2H3. The van der Waals surface area contributed by atoms with Crippen LogP contribution in [0.1, 0.15) is 26.7 Å². The molecule has 1 heterocycles. The Bertz CT molecular complexity index is 140. The molecule has 1 saturated heterocycles. The molecule has 1 aliphatic rings. The normalized spacial score (nSPS) is 26.1. The van der Waals surface area contributed by atoms with Gasteiger partial charge in [0, 0.05) is 12.3 Å². The molecule has 0 radical (unpaired) electrons. The monoisotopic (exact) mass is 156 g/mol. The number of carbonyl (C=O) groups is 1. The predicted molar refractivity (Wildman–Crippen MR) is 43.4 cm³/mol. The molecular formula is C9H16O2. The minimum absolute atomic E-state index is 0.184. The molecule has 1 rings (SSSR count). The Hall–Kier alpha value is -0.370. The molecule has 0 aromatic heterocycles. The predicted octanol–water partition coefficient (Wildman–Crippen LogP) is 1.64. The summed E-state index contributed by atoms with van der Waals surface area (Å²) in [4.78, 5) is 11.2. The van der Waals surface area contributed by atoms with Gasteiger partial charge in [-0.2, -0.15) is 0 Å². The van der Waals surface area contributed by atoms with Crippen molar-refractivity contribution in [2.45, 2.75) is 26.7 Å². The van der Waals surface area contributed by atoms with Gasteiger partial charge in [-0.15, -0.1) is 0 Å². The van der Waals surface area contributed by atoms with E-state index in [1.807, 2.05) is 0 Å². The van der Waals surface area contributed by atoms with Crippen molar-refractivity contribution in [1.29, 1.82) is 0 Å². The first-order valence-electron chi connectivity index (χ1n) is 4.30. The molecule has 1 atom stereocenters. The lowest BCUT2D eigenvalue weighted by Gasteiger charge is -2.22. The molecule has 1 unspecified atom stereocenters. The summed E-state index contributed by atoms with van der Waals surface area (Å²) in [5.41, 5.74) is 0. The summed E-state index contributed by atoms with van der Waals surface area (Å²) in [5.74, 6) is 1.18. The Balaban J connectivity index is 2.36. The first-order valence-corrected chi connectivity index (χ1v) is 4.30. The van der Waals surface area contributed by atoms with Crippen LogP contribution in [0.3, 0.4) is 0 Å². The van der Waals surface area contributed by atoms with E-state index in [1.54, 1.807) is 0 Å².